The molecule has 0 unspecified atom stereocenters. The fourth-order valence-corrected chi connectivity index (χ4v) is 2.69. The molecule has 2 rings (SSSR count). The molecule has 3 N–H and O–H groups in total. The van der Waals surface area contributed by atoms with Crippen LogP contribution in [-0.4, -0.2) is 43.2 Å². The summed E-state index contributed by atoms with van der Waals surface area (Å²) in [4.78, 5) is 12.5. The van der Waals surface area contributed by atoms with Gasteiger partial charge in [-0.3, -0.25) is 4.79 Å². The van der Waals surface area contributed by atoms with Crippen LogP contribution in [0.15, 0.2) is 30.3 Å². The standard InChI is InChI=1S/C15H20F2N2O2/c16-15(17,11-20)10-19-13(21)14(6-8-18-9-7-14)12-4-2-1-3-5-12/h1-5,18,20H,6-11H2,(H,19,21). The molecule has 1 heterocycles. The van der Waals surface area contributed by atoms with Crippen LogP contribution in [0.25, 0.3) is 0 Å². The van der Waals surface area contributed by atoms with Crippen molar-refractivity contribution in [3.05, 3.63) is 35.9 Å². The minimum atomic E-state index is -3.29. The Labute approximate surface area is 122 Å². The molecule has 0 spiro atoms. The zero-order valence-corrected chi connectivity index (χ0v) is 11.7. The Hall–Kier alpha value is -1.53. The van der Waals surface area contributed by atoms with Crippen molar-refractivity contribution in [1.29, 1.82) is 0 Å². The Morgan fingerprint density at radius 1 is 1.29 bits per heavy atom. The number of hydrogen-bond donors (Lipinski definition) is 3. The Bertz CT molecular complexity index is 474. The van der Waals surface area contributed by atoms with E-state index < -0.39 is 30.4 Å². The van der Waals surface area contributed by atoms with Gasteiger partial charge in [0, 0.05) is 0 Å². The van der Waals surface area contributed by atoms with Crippen molar-refractivity contribution >= 4 is 5.91 Å². The molecule has 6 heteroatoms. The van der Waals surface area contributed by atoms with Crippen LogP contribution in [0.4, 0.5) is 8.78 Å². The number of aliphatic hydroxyl groups is 1. The number of alkyl halides is 2. The average molecular weight is 298 g/mol. The maximum Gasteiger partial charge on any atom is 0.287 e. The molecule has 1 saturated heterocycles. The van der Waals surface area contributed by atoms with Gasteiger partial charge < -0.3 is 15.7 Å². The highest BCUT2D eigenvalue weighted by molar-refractivity contribution is 5.88. The van der Waals surface area contributed by atoms with Crippen molar-refractivity contribution in [2.24, 2.45) is 0 Å². The molecule has 1 aromatic carbocycles. The van der Waals surface area contributed by atoms with E-state index in [1.54, 1.807) is 0 Å². The van der Waals surface area contributed by atoms with Gasteiger partial charge in [-0.25, -0.2) is 8.78 Å². The minimum Gasteiger partial charge on any atom is -0.390 e. The third-order valence-corrected chi connectivity index (χ3v) is 3.96. The van der Waals surface area contributed by atoms with Gasteiger partial charge in [-0.05, 0) is 31.5 Å². The Balaban J connectivity index is 2.18. The zero-order valence-electron chi connectivity index (χ0n) is 11.7. The molecule has 21 heavy (non-hydrogen) atoms. The van der Waals surface area contributed by atoms with Crippen LogP contribution in [0.3, 0.4) is 0 Å². The van der Waals surface area contributed by atoms with E-state index in [-0.39, 0.29) is 0 Å². The van der Waals surface area contributed by atoms with Gasteiger partial charge in [0.05, 0.1) is 12.0 Å². The van der Waals surface area contributed by atoms with Crippen LogP contribution in [0.1, 0.15) is 18.4 Å². The van der Waals surface area contributed by atoms with E-state index >= 15 is 0 Å². The molecule has 1 aliphatic rings. The van der Waals surface area contributed by atoms with E-state index in [4.69, 9.17) is 5.11 Å². The lowest BCUT2D eigenvalue weighted by molar-refractivity contribution is -0.130. The summed E-state index contributed by atoms with van der Waals surface area (Å²) in [6.45, 7) is -0.783. The number of benzene rings is 1. The molecule has 1 aliphatic heterocycles. The Morgan fingerprint density at radius 2 is 1.90 bits per heavy atom. The molecule has 1 fully saturated rings. The van der Waals surface area contributed by atoms with Crippen molar-refractivity contribution in [1.82, 2.24) is 10.6 Å². The number of nitrogens with one attached hydrogen (secondary N) is 2. The highest BCUT2D eigenvalue weighted by Crippen LogP contribution is 2.33. The number of amides is 1. The van der Waals surface area contributed by atoms with Crippen LogP contribution in [0.5, 0.6) is 0 Å². The van der Waals surface area contributed by atoms with Crippen LogP contribution in [-0.2, 0) is 10.2 Å². The highest BCUT2D eigenvalue weighted by atomic mass is 19.3. The molecule has 4 nitrogen and oxygen atoms in total. The summed E-state index contributed by atoms with van der Waals surface area (Å²) in [5.41, 5.74) is 0.0641. The fourth-order valence-electron chi connectivity index (χ4n) is 2.69. The van der Waals surface area contributed by atoms with E-state index in [2.05, 4.69) is 10.6 Å². The zero-order chi connectivity index (χ0) is 15.3. The van der Waals surface area contributed by atoms with Crippen molar-refractivity contribution < 1.29 is 18.7 Å². The lowest BCUT2D eigenvalue weighted by Gasteiger charge is -2.37. The molecule has 1 aromatic rings. The molecule has 0 bridgehead atoms. The lowest BCUT2D eigenvalue weighted by atomic mass is 9.72. The van der Waals surface area contributed by atoms with E-state index in [9.17, 15) is 13.6 Å². The molecule has 0 saturated carbocycles. The van der Waals surface area contributed by atoms with Crippen LogP contribution in [0.2, 0.25) is 0 Å². The first-order valence-corrected chi connectivity index (χ1v) is 7.03. The molecule has 116 valence electrons. The summed E-state index contributed by atoms with van der Waals surface area (Å²) in [7, 11) is 0. The first-order chi connectivity index (χ1) is 10.0. The van der Waals surface area contributed by atoms with Gasteiger partial charge in [0.1, 0.15) is 6.61 Å². The van der Waals surface area contributed by atoms with Crippen molar-refractivity contribution in [3.63, 3.8) is 0 Å². The lowest BCUT2D eigenvalue weighted by Crippen LogP contribution is -2.53. The summed E-state index contributed by atoms with van der Waals surface area (Å²) in [6, 6.07) is 9.25. The molecule has 0 radical (unpaired) electrons. The molecule has 0 atom stereocenters. The SMILES string of the molecule is O=C(NCC(F)(F)CO)C1(c2ccccc2)CCNCC1. The third kappa shape index (κ3) is 3.57. The number of halogens is 2. The first-order valence-electron chi connectivity index (χ1n) is 7.03. The molecular formula is C15H20F2N2O2. The van der Waals surface area contributed by atoms with Gasteiger partial charge in [0.2, 0.25) is 5.91 Å². The first kappa shape index (κ1) is 15.9. The van der Waals surface area contributed by atoms with Crippen LogP contribution < -0.4 is 10.6 Å². The number of rotatable bonds is 5. The number of piperidine rings is 1. The molecular weight excluding hydrogens is 278 g/mol. The normalized spacial score (nSPS) is 18.2. The van der Waals surface area contributed by atoms with Gasteiger partial charge in [-0.2, -0.15) is 0 Å². The number of carbonyl (C=O) groups is 1. The molecule has 0 aliphatic carbocycles. The van der Waals surface area contributed by atoms with Gasteiger partial charge in [0.25, 0.3) is 5.92 Å². The number of hydrogen-bond acceptors (Lipinski definition) is 3. The quantitative estimate of drug-likeness (QED) is 0.761. The number of carbonyl (C=O) groups excluding carboxylic acids is 1. The summed E-state index contributed by atoms with van der Waals surface area (Å²) in [5.74, 6) is -3.69. The monoisotopic (exact) mass is 298 g/mol. The fraction of sp³-hybridized carbons (Fsp3) is 0.533. The van der Waals surface area contributed by atoms with Gasteiger partial charge in [-0.15, -0.1) is 0 Å². The summed E-state index contributed by atoms with van der Waals surface area (Å²) in [6.07, 6.45) is 1.13. The second kappa shape index (κ2) is 6.49. The second-order valence-electron chi connectivity index (χ2n) is 5.39. The predicted molar refractivity (Wildman–Crippen MR) is 75.3 cm³/mol. The van der Waals surface area contributed by atoms with Gasteiger partial charge in [-0.1, -0.05) is 30.3 Å². The second-order valence-corrected chi connectivity index (χ2v) is 5.39. The third-order valence-electron chi connectivity index (χ3n) is 3.96. The summed E-state index contributed by atoms with van der Waals surface area (Å²) in [5, 5.41) is 14.1. The van der Waals surface area contributed by atoms with E-state index in [1.807, 2.05) is 30.3 Å². The van der Waals surface area contributed by atoms with E-state index in [0.717, 1.165) is 5.56 Å². The van der Waals surface area contributed by atoms with Gasteiger partial charge >= 0.3 is 0 Å². The molecule has 0 aromatic heterocycles. The Morgan fingerprint density at radius 3 is 2.48 bits per heavy atom. The summed E-state index contributed by atoms with van der Waals surface area (Å²) < 4.78 is 26.3. The Kier molecular flexibility index (Phi) is 4.90. The van der Waals surface area contributed by atoms with Crippen LogP contribution >= 0.6 is 0 Å². The maximum atomic E-state index is 13.1. The number of aliphatic hydroxyl groups excluding tert-OH is 1. The van der Waals surface area contributed by atoms with Crippen molar-refractivity contribution in [2.45, 2.75) is 24.2 Å². The smallest absolute Gasteiger partial charge is 0.287 e. The van der Waals surface area contributed by atoms with Crippen LogP contribution in [0, 0.1) is 0 Å². The van der Waals surface area contributed by atoms with Crippen molar-refractivity contribution in [2.75, 3.05) is 26.2 Å². The van der Waals surface area contributed by atoms with E-state index in [1.165, 1.54) is 0 Å². The molecule has 1 amide bonds. The van der Waals surface area contributed by atoms with E-state index in [0.29, 0.717) is 25.9 Å². The predicted octanol–water partition coefficient (Wildman–Crippen LogP) is 1.05. The average Bonchev–Trinajstić information content (AvgIpc) is 2.54. The largest absolute Gasteiger partial charge is 0.390 e. The summed E-state index contributed by atoms with van der Waals surface area (Å²) >= 11 is 0. The van der Waals surface area contributed by atoms with Crippen molar-refractivity contribution in [3.8, 4) is 0 Å². The van der Waals surface area contributed by atoms with Gasteiger partial charge in [0.15, 0.2) is 0 Å². The highest BCUT2D eigenvalue weighted by Gasteiger charge is 2.42. The maximum absolute atomic E-state index is 13.1. The topological polar surface area (TPSA) is 61.4 Å². The minimum absolute atomic E-state index is 0.400.